The first-order valence-electron chi connectivity index (χ1n) is 7.76. The van der Waals surface area contributed by atoms with Crippen LogP contribution in [0.15, 0.2) is 51.8 Å². The highest BCUT2D eigenvalue weighted by molar-refractivity contribution is 9.10. The first-order chi connectivity index (χ1) is 12.7. The summed E-state index contributed by atoms with van der Waals surface area (Å²) in [4.78, 5) is 23.4. The number of benzene rings is 2. The van der Waals surface area contributed by atoms with E-state index in [1.165, 1.54) is 25.3 Å². The number of halogens is 1. The Kier molecular flexibility index (Phi) is 4.87. The monoisotopic (exact) mass is 453 g/mol. The van der Waals surface area contributed by atoms with Gasteiger partial charge >= 0.3 is 6.03 Å². The van der Waals surface area contributed by atoms with E-state index in [-0.39, 0.29) is 10.6 Å². The Morgan fingerprint density at radius 3 is 2.33 bits per heavy atom. The van der Waals surface area contributed by atoms with Crippen LogP contribution in [0.25, 0.3) is 0 Å². The summed E-state index contributed by atoms with van der Waals surface area (Å²) >= 11 is 3.25. The second-order valence-electron chi connectivity index (χ2n) is 6.01. The molecule has 1 atom stereocenters. The minimum absolute atomic E-state index is 0.0159. The average molecular weight is 454 g/mol. The molecule has 3 rings (SSSR count). The largest absolute Gasteiger partial charge is 0.495 e. The number of sulfonamides is 1. The van der Waals surface area contributed by atoms with Crippen molar-refractivity contribution in [1.82, 2.24) is 10.6 Å². The van der Waals surface area contributed by atoms with Gasteiger partial charge in [-0.25, -0.2) is 13.2 Å². The van der Waals surface area contributed by atoms with Crippen molar-refractivity contribution in [3.05, 3.63) is 52.5 Å². The molecule has 1 aliphatic heterocycles. The first-order valence-corrected chi connectivity index (χ1v) is 10.0. The summed E-state index contributed by atoms with van der Waals surface area (Å²) in [6.07, 6.45) is 0. The van der Waals surface area contributed by atoms with Crippen molar-refractivity contribution in [2.24, 2.45) is 0 Å². The first kappa shape index (κ1) is 19.2. The average Bonchev–Trinajstić information content (AvgIpc) is 2.88. The molecule has 142 valence electrons. The third-order valence-electron chi connectivity index (χ3n) is 4.17. The van der Waals surface area contributed by atoms with E-state index in [9.17, 15) is 18.0 Å². The molecular weight excluding hydrogens is 438 g/mol. The van der Waals surface area contributed by atoms with Crippen molar-refractivity contribution >= 4 is 43.6 Å². The fourth-order valence-electron chi connectivity index (χ4n) is 2.69. The fraction of sp³-hybridized carbons (Fsp3) is 0.176. The maximum absolute atomic E-state index is 12.7. The Labute approximate surface area is 164 Å². The minimum Gasteiger partial charge on any atom is -0.495 e. The smallest absolute Gasteiger partial charge is 0.322 e. The van der Waals surface area contributed by atoms with Gasteiger partial charge < -0.3 is 10.1 Å². The normalized spacial score (nSPS) is 19.4. The third-order valence-corrected chi connectivity index (χ3v) is 6.07. The van der Waals surface area contributed by atoms with Crippen LogP contribution in [0, 0.1) is 0 Å². The molecule has 27 heavy (non-hydrogen) atoms. The zero-order chi connectivity index (χ0) is 19.8. The van der Waals surface area contributed by atoms with Crippen molar-refractivity contribution in [3.63, 3.8) is 0 Å². The number of carbonyl (C=O) groups is 2. The van der Waals surface area contributed by atoms with Gasteiger partial charge in [-0.05, 0) is 42.8 Å². The van der Waals surface area contributed by atoms with Gasteiger partial charge in [-0.2, -0.15) is 0 Å². The van der Waals surface area contributed by atoms with Crippen molar-refractivity contribution in [3.8, 4) is 5.75 Å². The van der Waals surface area contributed by atoms with Crippen LogP contribution < -0.4 is 20.1 Å². The second-order valence-corrected chi connectivity index (χ2v) is 8.58. The highest BCUT2D eigenvalue weighted by atomic mass is 79.9. The van der Waals surface area contributed by atoms with E-state index in [4.69, 9.17) is 4.74 Å². The zero-order valence-electron chi connectivity index (χ0n) is 14.4. The van der Waals surface area contributed by atoms with Gasteiger partial charge in [0, 0.05) is 10.2 Å². The van der Waals surface area contributed by atoms with E-state index in [1.807, 2.05) is 0 Å². The Morgan fingerprint density at radius 2 is 1.78 bits per heavy atom. The minimum atomic E-state index is -3.90. The van der Waals surface area contributed by atoms with Crippen LogP contribution in [0.3, 0.4) is 0 Å². The van der Waals surface area contributed by atoms with Gasteiger partial charge in [-0.3, -0.25) is 14.8 Å². The van der Waals surface area contributed by atoms with E-state index < -0.39 is 27.5 Å². The maximum Gasteiger partial charge on any atom is 0.322 e. The molecule has 3 N–H and O–H groups in total. The van der Waals surface area contributed by atoms with E-state index in [1.54, 1.807) is 31.2 Å². The van der Waals surface area contributed by atoms with E-state index in [2.05, 4.69) is 31.3 Å². The van der Waals surface area contributed by atoms with Gasteiger partial charge in [0.15, 0.2) is 0 Å². The Balaban J connectivity index is 1.88. The predicted octanol–water partition coefficient (Wildman–Crippen LogP) is 2.31. The van der Waals surface area contributed by atoms with Crippen molar-refractivity contribution in [1.29, 1.82) is 0 Å². The summed E-state index contributed by atoms with van der Waals surface area (Å²) in [5.74, 6) is -0.264. The van der Waals surface area contributed by atoms with Gasteiger partial charge in [0.25, 0.3) is 15.9 Å². The number of hydrogen-bond donors (Lipinski definition) is 3. The van der Waals surface area contributed by atoms with Crippen LogP contribution in [-0.2, 0) is 20.4 Å². The molecule has 0 spiro atoms. The summed E-state index contributed by atoms with van der Waals surface area (Å²) in [6.45, 7) is 1.57. The van der Waals surface area contributed by atoms with Crippen molar-refractivity contribution in [2.45, 2.75) is 17.4 Å². The quantitative estimate of drug-likeness (QED) is 0.601. The lowest BCUT2D eigenvalue weighted by Gasteiger charge is -2.21. The molecule has 8 nitrogen and oxygen atoms in total. The van der Waals surface area contributed by atoms with E-state index in [0.717, 1.165) is 0 Å². The number of anilines is 1. The number of nitrogens with one attached hydrogen (secondary N) is 3. The molecule has 1 heterocycles. The Hall–Kier alpha value is -2.59. The lowest BCUT2D eigenvalue weighted by molar-refractivity contribution is -0.123. The molecule has 3 amide bonds. The third kappa shape index (κ3) is 3.62. The predicted molar refractivity (Wildman–Crippen MR) is 102 cm³/mol. The maximum atomic E-state index is 12.7. The number of amides is 3. The summed E-state index contributed by atoms with van der Waals surface area (Å²) in [7, 11) is -2.51. The number of hydrogen-bond acceptors (Lipinski definition) is 5. The SMILES string of the molecule is COc1ccc(Br)cc1S(=O)(=O)Nc1ccc(C2(C)NC(=O)NC2=O)cc1. The van der Waals surface area contributed by atoms with Crippen LogP contribution in [0.1, 0.15) is 12.5 Å². The molecule has 0 aromatic heterocycles. The highest BCUT2D eigenvalue weighted by Gasteiger charge is 2.43. The Morgan fingerprint density at radius 1 is 1.11 bits per heavy atom. The molecule has 1 saturated heterocycles. The second kappa shape index (κ2) is 6.86. The van der Waals surface area contributed by atoms with Crippen molar-refractivity contribution in [2.75, 3.05) is 11.8 Å². The van der Waals surface area contributed by atoms with Crippen LogP contribution in [0.4, 0.5) is 10.5 Å². The van der Waals surface area contributed by atoms with Gasteiger partial charge in [0.2, 0.25) is 0 Å². The lowest BCUT2D eigenvalue weighted by atomic mass is 9.92. The Bertz CT molecular complexity index is 1020. The molecule has 2 aromatic rings. The van der Waals surface area contributed by atoms with Crippen molar-refractivity contribution < 1.29 is 22.7 Å². The summed E-state index contributed by atoms with van der Waals surface area (Å²) in [5, 5.41) is 4.73. The van der Waals surface area contributed by atoms with Gasteiger partial charge in [-0.15, -0.1) is 0 Å². The molecule has 1 fully saturated rings. The summed E-state index contributed by atoms with van der Waals surface area (Å²) < 4.78 is 33.6. The van der Waals surface area contributed by atoms with Crippen LogP contribution in [-0.4, -0.2) is 27.5 Å². The molecule has 0 aliphatic carbocycles. The molecule has 10 heteroatoms. The number of methoxy groups -OCH3 is 1. The molecule has 2 aromatic carbocycles. The zero-order valence-corrected chi connectivity index (χ0v) is 16.8. The van der Waals surface area contributed by atoms with E-state index in [0.29, 0.717) is 15.7 Å². The summed E-state index contributed by atoms with van der Waals surface area (Å²) in [5.41, 5.74) is -0.384. The van der Waals surface area contributed by atoms with Gasteiger partial charge in [0.1, 0.15) is 16.2 Å². The molecule has 1 unspecified atom stereocenters. The van der Waals surface area contributed by atoms with E-state index >= 15 is 0 Å². The number of ether oxygens (including phenoxy) is 1. The number of imide groups is 1. The topological polar surface area (TPSA) is 114 Å². The van der Waals surface area contributed by atoms with Crippen LogP contribution in [0.5, 0.6) is 5.75 Å². The fourth-order valence-corrected chi connectivity index (χ4v) is 4.46. The molecule has 1 aliphatic rings. The van der Waals surface area contributed by atoms with Gasteiger partial charge in [-0.1, -0.05) is 28.1 Å². The standard InChI is InChI=1S/C17H16BrN3O5S/c1-17(15(22)19-16(23)20-17)10-3-6-12(7-4-10)21-27(24,25)14-9-11(18)5-8-13(14)26-2/h3-9,21H,1-2H3,(H2,19,20,22,23). The number of carbonyl (C=O) groups excluding carboxylic acids is 2. The molecular formula is C17H16BrN3O5S. The molecule has 0 bridgehead atoms. The number of rotatable bonds is 5. The van der Waals surface area contributed by atoms with Crippen LogP contribution in [0.2, 0.25) is 0 Å². The van der Waals surface area contributed by atoms with Gasteiger partial charge in [0.05, 0.1) is 7.11 Å². The van der Waals surface area contributed by atoms with Crippen LogP contribution >= 0.6 is 15.9 Å². The number of urea groups is 1. The summed E-state index contributed by atoms with van der Waals surface area (Å²) in [6, 6.07) is 10.3. The molecule has 0 radical (unpaired) electrons. The highest BCUT2D eigenvalue weighted by Crippen LogP contribution is 2.30. The lowest BCUT2D eigenvalue weighted by Crippen LogP contribution is -2.40. The molecule has 0 saturated carbocycles.